The average Bonchev–Trinajstić information content (AvgIpc) is 2.35. The summed E-state index contributed by atoms with van der Waals surface area (Å²) >= 11 is 0. The van der Waals surface area contributed by atoms with Crippen molar-refractivity contribution in [2.75, 3.05) is 0 Å². The Morgan fingerprint density at radius 1 is 1.28 bits per heavy atom. The molecule has 0 aromatic heterocycles. The van der Waals surface area contributed by atoms with Gasteiger partial charge in [0.25, 0.3) is 0 Å². The van der Waals surface area contributed by atoms with Crippen molar-refractivity contribution in [1.82, 2.24) is 0 Å². The van der Waals surface area contributed by atoms with Crippen molar-refractivity contribution in [1.29, 1.82) is 0 Å². The Morgan fingerprint density at radius 3 is 2.56 bits per heavy atom. The summed E-state index contributed by atoms with van der Waals surface area (Å²) in [6, 6.07) is 8.37. The summed E-state index contributed by atoms with van der Waals surface area (Å²) in [7, 11) is 0. The highest BCUT2D eigenvalue weighted by Crippen LogP contribution is 2.12. The molecule has 0 bridgehead atoms. The van der Waals surface area contributed by atoms with Crippen LogP contribution in [0, 0.1) is 6.92 Å². The second-order valence-electron chi connectivity index (χ2n) is 4.34. The molecule has 1 aromatic rings. The van der Waals surface area contributed by atoms with Crippen molar-refractivity contribution >= 4 is 5.71 Å². The van der Waals surface area contributed by atoms with Gasteiger partial charge in [-0.3, -0.25) is 4.99 Å². The van der Waals surface area contributed by atoms with E-state index in [4.69, 9.17) is 0 Å². The number of hydrogen-bond donors (Lipinski definition) is 0. The Kier molecular flexibility index (Phi) is 5.31. The monoisotopic (exact) mass is 239 g/mol. The van der Waals surface area contributed by atoms with Crippen molar-refractivity contribution in [3.8, 4) is 0 Å². The van der Waals surface area contributed by atoms with Crippen LogP contribution in [0.15, 0.2) is 65.3 Å². The van der Waals surface area contributed by atoms with Gasteiger partial charge in [-0.2, -0.15) is 0 Å². The fourth-order valence-corrected chi connectivity index (χ4v) is 1.75. The molecule has 0 unspecified atom stereocenters. The van der Waals surface area contributed by atoms with E-state index in [-0.39, 0.29) is 0 Å². The van der Waals surface area contributed by atoms with Crippen LogP contribution in [0.4, 0.5) is 0 Å². The van der Waals surface area contributed by atoms with E-state index >= 15 is 0 Å². The fourth-order valence-electron chi connectivity index (χ4n) is 1.75. The molecule has 0 N–H and O–H groups in total. The van der Waals surface area contributed by atoms with Crippen LogP contribution in [-0.2, 0) is 0 Å². The lowest BCUT2D eigenvalue weighted by Crippen LogP contribution is -1.96. The number of rotatable bonds is 4. The zero-order valence-corrected chi connectivity index (χ0v) is 11.7. The summed E-state index contributed by atoms with van der Waals surface area (Å²) in [6.45, 7) is 12.0. The first-order valence-electron chi connectivity index (χ1n) is 6.16. The zero-order chi connectivity index (χ0) is 13.5. The van der Waals surface area contributed by atoms with Crippen molar-refractivity contribution < 1.29 is 0 Å². The van der Waals surface area contributed by atoms with Gasteiger partial charge in [0.1, 0.15) is 0 Å². The van der Waals surface area contributed by atoms with Crippen molar-refractivity contribution in [3.63, 3.8) is 0 Å². The third-order valence-corrected chi connectivity index (χ3v) is 2.74. The number of hydrogen-bond acceptors (Lipinski definition) is 1. The molecule has 0 spiro atoms. The molecule has 0 heterocycles. The van der Waals surface area contributed by atoms with Crippen LogP contribution in [0.2, 0.25) is 0 Å². The van der Waals surface area contributed by atoms with Crippen molar-refractivity contribution in [2.24, 2.45) is 4.99 Å². The molecule has 0 aliphatic carbocycles. The van der Waals surface area contributed by atoms with E-state index in [2.05, 4.69) is 42.8 Å². The molecular weight excluding hydrogens is 218 g/mol. The average molecular weight is 239 g/mol. The third kappa shape index (κ3) is 3.85. The van der Waals surface area contributed by atoms with Gasteiger partial charge in [0.15, 0.2) is 0 Å². The van der Waals surface area contributed by atoms with Gasteiger partial charge in [0.2, 0.25) is 0 Å². The molecule has 0 radical (unpaired) electrons. The highest BCUT2D eigenvalue weighted by molar-refractivity contribution is 5.99. The summed E-state index contributed by atoms with van der Waals surface area (Å²) in [5.74, 6) is 0. The predicted octanol–water partition coefficient (Wildman–Crippen LogP) is 4.84. The van der Waals surface area contributed by atoms with E-state index in [1.54, 1.807) is 6.08 Å². The van der Waals surface area contributed by atoms with Crippen molar-refractivity contribution in [2.45, 2.75) is 27.7 Å². The Labute approximate surface area is 110 Å². The minimum atomic E-state index is 0.923. The van der Waals surface area contributed by atoms with Crippen LogP contribution in [0.25, 0.3) is 0 Å². The van der Waals surface area contributed by atoms with Crippen LogP contribution in [-0.4, -0.2) is 5.71 Å². The van der Waals surface area contributed by atoms with E-state index in [0.717, 1.165) is 22.5 Å². The molecule has 0 aliphatic rings. The van der Waals surface area contributed by atoms with E-state index in [1.807, 2.05) is 32.9 Å². The van der Waals surface area contributed by atoms with E-state index in [0.29, 0.717) is 0 Å². The Bertz CT molecular complexity index is 516. The number of benzene rings is 1. The van der Waals surface area contributed by atoms with Gasteiger partial charge in [0, 0.05) is 5.71 Å². The van der Waals surface area contributed by atoms with Gasteiger partial charge in [-0.15, -0.1) is 0 Å². The molecule has 0 fully saturated rings. The molecule has 94 valence electrons. The molecular formula is C17H21N. The molecule has 0 saturated heterocycles. The van der Waals surface area contributed by atoms with E-state index in [1.165, 1.54) is 5.56 Å². The maximum Gasteiger partial charge on any atom is 0.0656 e. The molecule has 0 saturated carbocycles. The van der Waals surface area contributed by atoms with Crippen LogP contribution in [0.5, 0.6) is 0 Å². The summed E-state index contributed by atoms with van der Waals surface area (Å²) in [5, 5.41) is 0. The predicted molar refractivity (Wildman–Crippen MR) is 81.1 cm³/mol. The zero-order valence-electron chi connectivity index (χ0n) is 11.7. The molecule has 1 aromatic carbocycles. The van der Waals surface area contributed by atoms with E-state index in [9.17, 15) is 0 Å². The molecule has 1 heteroatoms. The number of aliphatic imine (C=N–C) groups is 1. The van der Waals surface area contributed by atoms with E-state index < -0.39 is 0 Å². The largest absolute Gasteiger partial charge is 0.253 e. The molecule has 0 amide bonds. The Morgan fingerprint density at radius 2 is 2.00 bits per heavy atom. The van der Waals surface area contributed by atoms with Gasteiger partial charge in [-0.05, 0) is 44.9 Å². The summed E-state index contributed by atoms with van der Waals surface area (Å²) < 4.78 is 0. The molecule has 1 rings (SSSR count). The van der Waals surface area contributed by atoms with Crippen LogP contribution in [0.3, 0.4) is 0 Å². The maximum absolute atomic E-state index is 4.65. The second-order valence-corrected chi connectivity index (χ2v) is 4.34. The molecule has 0 atom stereocenters. The fraction of sp³-hybridized carbons (Fsp3) is 0.235. The normalized spacial score (nSPS) is 13.7. The van der Waals surface area contributed by atoms with Gasteiger partial charge in [-0.1, -0.05) is 48.6 Å². The minimum absolute atomic E-state index is 0.923. The Hall–Kier alpha value is -1.89. The highest BCUT2D eigenvalue weighted by atomic mass is 14.7. The number of aryl methyl sites for hydroxylation is 1. The minimum Gasteiger partial charge on any atom is -0.253 e. The lowest BCUT2D eigenvalue weighted by Gasteiger charge is -2.04. The highest BCUT2D eigenvalue weighted by Gasteiger charge is 1.99. The number of allylic oxidation sites excluding steroid dienone is 4. The summed E-state index contributed by atoms with van der Waals surface area (Å²) in [5.41, 5.74) is 5.46. The first-order valence-corrected chi connectivity index (χ1v) is 6.16. The quantitative estimate of drug-likeness (QED) is 0.526. The first kappa shape index (κ1) is 14.2. The Balaban J connectivity index is 3.15. The van der Waals surface area contributed by atoms with Crippen LogP contribution >= 0.6 is 0 Å². The molecule has 0 aliphatic heterocycles. The van der Waals surface area contributed by atoms with Crippen LogP contribution in [0.1, 0.15) is 31.9 Å². The lowest BCUT2D eigenvalue weighted by atomic mass is 10.1. The maximum atomic E-state index is 4.65. The lowest BCUT2D eigenvalue weighted by molar-refractivity contribution is 1.30. The van der Waals surface area contributed by atoms with Gasteiger partial charge >= 0.3 is 0 Å². The first-order chi connectivity index (χ1) is 8.58. The summed E-state index contributed by atoms with van der Waals surface area (Å²) in [6.07, 6.45) is 5.86. The SMILES string of the molecule is C=C/C(N=C(C)c1cccc(C)c1)=C(C)\C=C/C. The number of nitrogens with zero attached hydrogens (tertiary/aromatic N) is 1. The van der Waals surface area contributed by atoms with Gasteiger partial charge < -0.3 is 0 Å². The topological polar surface area (TPSA) is 12.4 Å². The second kappa shape index (κ2) is 6.75. The van der Waals surface area contributed by atoms with Gasteiger partial charge in [0.05, 0.1) is 5.70 Å². The smallest absolute Gasteiger partial charge is 0.0656 e. The standard InChI is InChI=1S/C17H21N/c1-6-9-14(4)17(7-2)18-15(5)16-11-8-10-13(3)12-16/h6-12H,2H2,1,3-5H3/b9-6-,17-14+,18-15?. The molecule has 1 nitrogen and oxygen atoms in total. The summed E-state index contributed by atoms with van der Waals surface area (Å²) in [4.78, 5) is 4.65. The van der Waals surface area contributed by atoms with Gasteiger partial charge in [-0.25, -0.2) is 0 Å². The van der Waals surface area contributed by atoms with Crippen molar-refractivity contribution in [3.05, 3.63) is 71.5 Å². The molecule has 18 heavy (non-hydrogen) atoms. The third-order valence-electron chi connectivity index (χ3n) is 2.74. The van der Waals surface area contributed by atoms with Crippen LogP contribution < -0.4 is 0 Å².